The summed E-state index contributed by atoms with van der Waals surface area (Å²) >= 11 is 5.28. The minimum Gasteiger partial charge on any atom is -0.363 e. The van der Waals surface area contributed by atoms with Crippen LogP contribution in [0.1, 0.15) is 33.6 Å². The number of nitrogens with one attached hydrogen (secondary N) is 1. The Bertz CT molecular complexity index is 177. The molecule has 12 heavy (non-hydrogen) atoms. The van der Waals surface area contributed by atoms with Crippen LogP contribution in [0.2, 0.25) is 0 Å². The maximum atomic E-state index is 5.28. The molecule has 0 spiro atoms. The maximum Gasteiger partial charge on any atom is 0.169 e. The van der Waals surface area contributed by atoms with Crippen molar-refractivity contribution in [1.29, 1.82) is 0 Å². The second-order valence-corrected chi connectivity index (χ2v) is 4.29. The molecule has 0 atom stereocenters. The van der Waals surface area contributed by atoms with Gasteiger partial charge in [0.25, 0.3) is 0 Å². The Morgan fingerprint density at radius 2 is 2.25 bits per heavy atom. The van der Waals surface area contributed by atoms with Crippen LogP contribution >= 0.6 is 12.2 Å². The molecule has 0 unspecified atom stereocenters. The summed E-state index contributed by atoms with van der Waals surface area (Å²) in [5, 5.41) is 4.12. The molecular weight excluding hydrogens is 168 g/mol. The van der Waals surface area contributed by atoms with E-state index in [4.69, 9.17) is 12.2 Å². The zero-order valence-electron chi connectivity index (χ0n) is 8.18. The Labute approximate surface area is 80.3 Å². The summed E-state index contributed by atoms with van der Waals surface area (Å²) in [7, 11) is 0. The van der Waals surface area contributed by atoms with Gasteiger partial charge in [-0.2, -0.15) is 0 Å². The van der Waals surface area contributed by atoms with Crippen molar-refractivity contribution in [2.45, 2.75) is 39.2 Å². The monoisotopic (exact) mass is 186 g/mol. The molecule has 0 aliphatic carbocycles. The van der Waals surface area contributed by atoms with Crippen LogP contribution in [0.15, 0.2) is 0 Å². The highest BCUT2D eigenvalue weighted by atomic mass is 32.1. The fraction of sp³-hybridized carbons (Fsp3) is 0.889. The second-order valence-electron chi connectivity index (χ2n) is 3.90. The third-order valence-electron chi connectivity index (χ3n) is 2.47. The van der Waals surface area contributed by atoms with E-state index in [9.17, 15) is 0 Å². The lowest BCUT2D eigenvalue weighted by Gasteiger charge is -2.33. The predicted octanol–water partition coefficient (Wildman–Crippen LogP) is 1.76. The fourth-order valence-corrected chi connectivity index (χ4v) is 2.21. The Morgan fingerprint density at radius 1 is 1.58 bits per heavy atom. The molecule has 1 N–H and O–H groups in total. The molecule has 0 aromatic carbocycles. The molecule has 1 aliphatic heterocycles. The molecule has 1 aliphatic rings. The van der Waals surface area contributed by atoms with Gasteiger partial charge in [0.2, 0.25) is 0 Å². The number of hydrogen-bond acceptors (Lipinski definition) is 1. The lowest BCUT2D eigenvalue weighted by atomic mass is 10.0. The highest BCUT2D eigenvalue weighted by Crippen LogP contribution is 2.27. The Kier molecular flexibility index (Phi) is 2.94. The van der Waals surface area contributed by atoms with Gasteiger partial charge in [0.05, 0.1) is 0 Å². The maximum absolute atomic E-state index is 5.28. The first-order valence-corrected chi connectivity index (χ1v) is 5.04. The van der Waals surface area contributed by atoms with Gasteiger partial charge < -0.3 is 10.2 Å². The number of thiocarbonyl (C=S) groups is 1. The summed E-state index contributed by atoms with van der Waals surface area (Å²) in [6.45, 7) is 8.62. The summed E-state index contributed by atoms with van der Waals surface area (Å²) < 4.78 is 0. The first kappa shape index (κ1) is 9.78. The summed E-state index contributed by atoms with van der Waals surface area (Å²) in [5.41, 5.74) is 0.263. The minimum atomic E-state index is 0.263. The zero-order valence-corrected chi connectivity index (χ0v) is 9.00. The van der Waals surface area contributed by atoms with Gasteiger partial charge in [-0.3, -0.25) is 0 Å². The number of likely N-dealkylation sites (tertiary alicyclic amines) is 1. The van der Waals surface area contributed by atoms with Crippen LogP contribution in [0.3, 0.4) is 0 Å². The number of rotatable bonds is 1. The Hall–Kier alpha value is -0.310. The van der Waals surface area contributed by atoms with E-state index in [0.717, 1.165) is 18.2 Å². The molecule has 0 amide bonds. The van der Waals surface area contributed by atoms with E-state index in [-0.39, 0.29) is 5.54 Å². The normalized spacial score (nSPS) is 21.1. The molecule has 2 nitrogen and oxygen atoms in total. The average Bonchev–Trinajstić information content (AvgIpc) is 2.30. The molecule has 3 heteroatoms. The van der Waals surface area contributed by atoms with E-state index >= 15 is 0 Å². The molecule has 0 aromatic heterocycles. The standard InChI is InChI=1S/C9H18N2S/c1-4-10-8(12)11-7-5-6-9(11,2)3/h4-7H2,1-3H3,(H,10,12). The minimum absolute atomic E-state index is 0.263. The van der Waals surface area contributed by atoms with E-state index in [1.54, 1.807) is 0 Å². The van der Waals surface area contributed by atoms with Crippen LogP contribution in [0.5, 0.6) is 0 Å². The molecule has 0 radical (unpaired) electrons. The van der Waals surface area contributed by atoms with E-state index < -0.39 is 0 Å². The molecular formula is C9H18N2S. The van der Waals surface area contributed by atoms with Crippen LogP contribution in [0, 0.1) is 0 Å². The molecule has 1 saturated heterocycles. The van der Waals surface area contributed by atoms with Gasteiger partial charge in [-0.05, 0) is 45.8 Å². The molecule has 1 heterocycles. The predicted molar refractivity (Wildman–Crippen MR) is 56.3 cm³/mol. The second kappa shape index (κ2) is 3.60. The largest absolute Gasteiger partial charge is 0.363 e. The molecule has 70 valence electrons. The summed E-state index contributed by atoms with van der Waals surface area (Å²) in [6, 6.07) is 0. The average molecular weight is 186 g/mol. The van der Waals surface area contributed by atoms with Crippen molar-refractivity contribution >= 4 is 17.3 Å². The summed E-state index contributed by atoms with van der Waals surface area (Å²) in [5.74, 6) is 0. The van der Waals surface area contributed by atoms with E-state index in [1.807, 2.05) is 0 Å². The van der Waals surface area contributed by atoms with Crippen molar-refractivity contribution in [3.63, 3.8) is 0 Å². The quantitative estimate of drug-likeness (QED) is 0.628. The van der Waals surface area contributed by atoms with Crippen molar-refractivity contribution < 1.29 is 0 Å². The van der Waals surface area contributed by atoms with Crippen LogP contribution in [-0.2, 0) is 0 Å². The van der Waals surface area contributed by atoms with E-state index in [1.165, 1.54) is 12.8 Å². The molecule has 0 saturated carbocycles. The van der Waals surface area contributed by atoms with Crippen molar-refractivity contribution in [3.05, 3.63) is 0 Å². The van der Waals surface area contributed by atoms with Gasteiger partial charge in [0.15, 0.2) is 5.11 Å². The smallest absolute Gasteiger partial charge is 0.169 e. The Morgan fingerprint density at radius 3 is 2.67 bits per heavy atom. The van der Waals surface area contributed by atoms with Gasteiger partial charge in [-0.15, -0.1) is 0 Å². The highest BCUT2D eigenvalue weighted by Gasteiger charge is 2.32. The third-order valence-corrected chi connectivity index (χ3v) is 2.84. The third kappa shape index (κ3) is 1.89. The van der Waals surface area contributed by atoms with Crippen molar-refractivity contribution in [3.8, 4) is 0 Å². The number of hydrogen-bond donors (Lipinski definition) is 1. The van der Waals surface area contributed by atoms with Crippen molar-refractivity contribution in [2.75, 3.05) is 13.1 Å². The van der Waals surface area contributed by atoms with Gasteiger partial charge in [0.1, 0.15) is 0 Å². The molecule has 1 rings (SSSR count). The highest BCUT2D eigenvalue weighted by molar-refractivity contribution is 7.80. The topological polar surface area (TPSA) is 15.3 Å². The molecule has 0 bridgehead atoms. The van der Waals surface area contributed by atoms with Gasteiger partial charge in [0, 0.05) is 18.6 Å². The van der Waals surface area contributed by atoms with Crippen LogP contribution in [-0.4, -0.2) is 28.6 Å². The van der Waals surface area contributed by atoms with Crippen LogP contribution in [0.4, 0.5) is 0 Å². The van der Waals surface area contributed by atoms with E-state index in [2.05, 4.69) is 31.0 Å². The Balaban J connectivity index is 2.56. The summed E-state index contributed by atoms with van der Waals surface area (Å²) in [6.07, 6.45) is 2.51. The van der Waals surface area contributed by atoms with Gasteiger partial charge >= 0.3 is 0 Å². The van der Waals surface area contributed by atoms with E-state index in [0.29, 0.717) is 0 Å². The fourth-order valence-electron chi connectivity index (χ4n) is 1.73. The first-order valence-electron chi connectivity index (χ1n) is 4.63. The van der Waals surface area contributed by atoms with Crippen molar-refractivity contribution in [1.82, 2.24) is 10.2 Å². The van der Waals surface area contributed by atoms with Gasteiger partial charge in [-0.25, -0.2) is 0 Å². The lowest BCUT2D eigenvalue weighted by Crippen LogP contribution is -2.47. The van der Waals surface area contributed by atoms with Gasteiger partial charge in [-0.1, -0.05) is 0 Å². The van der Waals surface area contributed by atoms with Crippen LogP contribution in [0.25, 0.3) is 0 Å². The van der Waals surface area contributed by atoms with Crippen molar-refractivity contribution in [2.24, 2.45) is 0 Å². The molecule has 1 fully saturated rings. The SMILES string of the molecule is CCNC(=S)N1CCCC1(C)C. The zero-order chi connectivity index (χ0) is 9.19. The summed E-state index contributed by atoms with van der Waals surface area (Å²) in [4.78, 5) is 2.30. The number of nitrogens with zero attached hydrogens (tertiary/aromatic N) is 1. The molecule has 0 aromatic rings. The lowest BCUT2D eigenvalue weighted by molar-refractivity contribution is 0.279. The first-order chi connectivity index (χ1) is 5.58. The van der Waals surface area contributed by atoms with Crippen LogP contribution < -0.4 is 5.32 Å².